The summed E-state index contributed by atoms with van der Waals surface area (Å²) in [5.41, 5.74) is 0. The normalized spacial score (nSPS) is 34.6. The lowest BCUT2D eigenvalue weighted by Crippen LogP contribution is -2.44. The van der Waals surface area contributed by atoms with Crippen LogP contribution in [0.2, 0.25) is 0 Å². The summed E-state index contributed by atoms with van der Waals surface area (Å²) in [5.74, 6) is 2.10. The Morgan fingerprint density at radius 1 is 0.867 bits per heavy atom. The van der Waals surface area contributed by atoms with Gasteiger partial charge in [-0.25, -0.2) is 0 Å². The fourth-order valence-electron chi connectivity index (χ4n) is 3.45. The van der Waals surface area contributed by atoms with Crippen LogP contribution in [0.25, 0.3) is 0 Å². The Morgan fingerprint density at radius 3 is 2.20 bits per heavy atom. The molecule has 1 aliphatic carbocycles. The van der Waals surface area contributed by atoms with Crippen molar-refractivity contribution in [2.75, 3.05) is 13.1 Å². The van der Waals surface area contributed by atoms with Crippen molar-refractivity contribution in [2.24, 2.45) is 11.8 Å². The minimum absolute atomic E-state index is 0.761. The number of rotatable bonds is 1. The highest BCUT2D eigenvalue weighted by Crippen LogP contribution is 2.34. The highest BCUT2D eigenvalue weighted by Gasteiger charge is 2.30. The average molecular weight is 209 g/mol. The van der Waals surface area contributed by atoms with Gasteiger partial charge in [0.2, 0.25) is 0 Å². The molecular formula is C14H27N. The summed E-state index contributed by atoms with van der Waals surface area (Å²) < 4.78 is 0. The van der Waals surface area contributed by atoms with Gasteiger partial charge in [0.25, 0.3) is 0 Å². The lowest BCUT2D eigenvalue weighted by atomic mass is 9.77. The minimum atomic E-state index is 0.761. The van der Waals surface area contributed by atoms with Crippen LogP contribution in [0.4, 0.5) is 0 Å². The molecule has 1 saturated heterocycles. The van der Waals surface area contributed by atoms with Gasteiger partial charge in [-0.05, 0) is 45.1 Å². The van der Waals surface area contributed by atoms with Crippen LogP contribution in [0.15, 0.2) is 0 Å². The maximum Gasteiger partial charge on any atom is 0.00387 e. The Kier molecular flexibility index (Phi) is 4.07. The highest BCUT2D eigenvalue weighted by molar-refractivity contribution is 4.82. The van der Waals surface area contributed by atoms with E-state index in [0.717, 1.165) is 17.9 Å². The van der Waals surface area contributed by atoms with Gasteiger partial charge in [0, 0.05) is 12.6 Å². The summed E-state index contributed by atoms with van der Waals surface area (Å²) in [6, 6.07) is 0.761. The summed E-state index contributed by atoms with van der Waals surface area (Å²) in [5, 5.41) is 0. The van der Waals surface area contributed by atoms with Crippen molar-refractivity contribution in [1.82, 2.24) is 4.90 Å². The molecule has 0 aromatic carbocycles. The first-order valence-corrected chi connectivity index (χ1v) is 7.01. The summed E-state index contributed by atoms with van der Waals surface area (Å²) >= 11 is 0. The smallest absolute Gasteiger partial charge is 0.00387 e. The maximum atomic E-state index is 2.70. The minimum Gasteiger partial charge on any atom is -0.301 e. The van der Waals surface area contributed by atoms with Crippen LogP contribution in [-0.4, -0.2) is 24.0 Å². The molecule has 0 aromatic rings. The van der Waals surface area contributed by atoms with Crippen LogP contribution in [0.3, 0.4) is 0 Å². The fraction of sp³-hybridized carbons (Fsp3) is 1.00. The topological polar surface area (TPSA) is 3.24 Å². The third-order valence-corrected chi connectivity index (χ3v) is 4.55. The van der Waals surface area contributed by atoms with Gasteiger partial charge in [-0.1, -0.05) is 32.1 Å². The third-order valence-electron chi connectivity index (χ3n) is 4.55. The van der Waals surface area contributed by atoms with Crippen molar-refractivity contribution in [1.29, 1.82) is 0 Å². The molecule has 0 spiro atoms. The van der Waals surface area contributed by atoms with Gasteiger partial charge in [0.15, 0.2) is 0 Å². The van der Waals surface area contributed by atoms with Gasteiger partial charge in [0.1, 0.15) is 0 Å². The number of fused-ring (bicyclic) bond motifs is 1. The van der Waals surface area contributed by atoms with Gasteiger partial charge in [-0.2, -0.15) is 0 Å². The van der Waals surface area contributed by atoms with Crippen molar-refractivity contribution >= 4 is 0 Å². The molecule has 2 unspecified atom stereocenters. The van der Waals surface area contributed by atoms with E-state index in [1.54, 1.807) is 0 Å². The molecule has 1 nitrogen and oxygen atoms in total. The zero-order chi connectivity index (χ0) is 10.7. The molecule has 0 bridgehead atoms. The van der Waals surface area contributed by atoms with E-state index >= 15 is 0 Å². The lowest BCUT2D eigenvalue weighted by molar-refractivity contribution is 0.0771. The van der Waals surface area contributed by atoms with Gasteiger partial charge in [0.05, 0.1) is 0 Å². The predicted octanol–water partition coefficient (Wildman–Crippen LogP) is 3.69. The molecular weight excluding hydrogens is 182 g/mol. The van der Waals surface area contributed by atoms with Crippen molar-refractivity contribution < 1.29 is 0 Å². The van der Waals surface area contributed by atoms with Gasteiger partial charge in [-0.15, -0.1) is 0 Å². The molecule has 2 fully saturated rings. The zero-order valence-corrected chi connectivity index (χ0v) is 10.5. The number of nitrogens with zero attached hydrogens (tertiary/aromatic N) is 1. The Bertz CT molecular complexity index is 188. The number of hydrogen-bond acceptors (Lipinski definition) is 1. The predicted molar refractivity (Wildman–Crippen MR) is 66.0 cm³/mol. The Morgan fingerprint density at radius 2 is 1.53 bits per heavy atom. The van der Waals surface area contributed by atoms with Crippen LogP contribution in [0, 0.1) is 11.8 Å². The van der Waals surface area contributed by atoms with Crippen LogP contribution >= 0.6 is 0 Å². The maximum absolute atomic E-state index is 2.70. The van der Waals surface area contributed by atoms with E-state index in [0.29, 0.717) is 0 Å². The van der Waals surface area contributed by atoms with Crippen LogP contribution in [-0.2, 0) is 0 Å². The van der Waals surface area contributed by atoms with Crippen molar-refractivity contribution in [2.45, 2.75) is 64.8 Å². The van der Waals surface area contributed by atoms with E-state index < -0.39 is 0 Å². The van der Waals surface area contributed by atoms with Crippen LogP contribution < -0.4 is 0 Å². The van der Waals surface area contributed by atoms with Crippen molar-refractivity contribution in [3.8, 4) is 0 Å². The van der Waals surface area contributed by atoms with Crippen molar-refractivity contribution in [3.63, 3.8) is 0 Å². The second kappa shape index (κ2) is 5.34. The Labute approximate surface area is 95.2 Å². The SMILES string of the molecule is CC(C)N1CCC2CCCCCCC2C1. The van der Waals surface area contributed by atoms with Crippen LogP contribution in [0.5, 0.6) is 0 Å². The number of piperidine rings is 1. The Hall–Kier alpha value is -0.0400. The van der Waals surface area contributed by atoms with E-state index in [1.807, 2.05) is 0 Å². The fourth-order valence-corrected chi connectivity index (χ4v) is 3.45. The largest absolute Gasteiger partial charge is 0.301 e. The van der Waals surface area contributed by atoms with Crippen molar-refractivity contribution in [3.05, 3.63) is 0 Å². The standard InChI is InChI=1S/C14H27N/c1-12(2)15-10-9-13-7-5-3-4-6-8-14(13)11-15/h12-14H,3-11H2,1-2H3. The molecule has 2 atom stereocenters. The van der Waals surface area contributed by atoms with E-state index in [-0.39, 0.29) is 0 Å². The molecule has 1 heteroatoms. The zero-order valence-electron chi connectivity index (χ0n) is 10.5. The molecule has 0 N–H and O–H groups in total. The average Bonchev–Trinajstić information content (AvgIpc) is 2.18. The molecule has 1 aliphatic heterocycles. The molecule has 2 aliphatic rings. The van der Waals surface area contributed by atoms with E-state index in [2.05, 4.69) is 18.7 Å². The van der Waals surface area contributed by atoms with E-state index in [9.17, 15) is 0 Å². The highest BCUT2D eigenvalue weighted by atomic mass is 15.2. The second-order valence-corrected chi connectivity index (χ2v) is 5.89. The first kappa shape index (κ1) is 11.4. The van der Waals surface area contributed by atoms with Crippen LogP contribution in [0.1, 0.15) is 58.8 Å². The first-order valence-electron chi connectivity index (χ1n) is 7.01. The quantitative estimate of drug-likeness (QED) is 0.636. The second-order valence-electron chi connectivity index (χ2n) is 5.89. The Balaban J connectivity index is 1.91. The molecule has 2 rings (SSSR count). The summed E-state index contributed by atoms with van der Waals surface area (Å²) in [6.07, 6.45) is 10.5. The number of likely N-dealkylation sites (tertiary alicyclic amines) is 1. The summed E-state index contributed by atoms with van der Waals surface area (Å²) in [4.78, 5) is 2.70. The summed E-state index contributed by atoms with van der Waals surface area (Å²) in [7, 11) is 0. The monoisotopic (exact) mass is 209 g/mol. The lowest BCUT2D eigenvalue weighted by Gasteiger charge is -2.41. The van der Waals surface area contributed by atoms with Gasteiger partial charge < -0.3 is 4.90 Å². The van der Waals surface area contributed by atoms with Gasteiger partial charge >= 0.3 is 0 Å². The van der Waals surface area contributed by atoms with E-state index in [4.69, 9.17) is 0 Å². The molecule has 88 valence electrons. The number of hydrogen-bond donors (Lipinski definition) is 0. The van der Waals surface area contributed by atoms with Gasteiger partial charge in [-0.3, -0.25) is 0 Å². The summed E-state index contributed by atoms with van der Waals surface area (Å²) in [6.45, 7) is 7.45. The first-order chi connectivity index (χ1) is 7.27. The molecule has 0 amide bonds. The third kappa shape index (κ3) is 2.96. The van der Waals surface area contributed by atoms with E-state index in [1.165, 1.54) is 58.0 Å². The molecule has 0 aromatic heterocycles. The molecule has 0 radical (unpaired) electrons. The molecule has 1 heterocycles. The molecule has 15 heavy (non-hydrogen) atoms. The molecule has 1 saturated carbocycles.